The van der Waals surface area contributed by atoms with E-state index in [9.17, 15) is 0 Å². The van der Waals surface area contributed by atoms with Gasteiger partial charge < -0.3 is 5.73 Å². The Morgan fingerprint density at radius 2 is 2.25 bits per heavy atom. The fourth-order valence-electron chi connectivity index (χ4n) is 1.26. The quantitative estimate of drug-likeness (QED) is 0.733. The summed E-state index contributed by atoms with van der Waals surface area (Å²) >= 11 is 0. The van der Waals surface area contributed by atoms with Gasteiger partial charge in [0.2, 0.25) is 0 Å². The van der Waals surface area contributed by atoms with Crippen molar-refractivity contribution in [3.63, 3.8) is 0 Å². The van der Waals surface area contributed by atoms with Gasteiger partial charge in [0.1, 0.15) is 0 Å². The molecule has 0 saturated heterocycles. The monoisotopic (exact) mass is 164 g/mol. The van der Waals surface area contributed by atoms with E-state index in [1.54, 1.807) is 0 Å². The van der Waals surface area contributed by atoms with Crippen molar-refractivity contribution in [2.45, 2.75) is 26.2 Å². The van der Waals surface area contributed by atoms with Crippen LogP contribution in [0.4, 0.5) is 0 Å². The van der Waals surface area contributed by atoms with Crippen molar-refractivity contribution in [1.29, 1.82) is 0 Å². The Labute approximate surface area is 73.8 Å². The summed E-state index contributed by atoms with van der Waals surface area (Å²) < 4.78 is 0. The zero-order chi connectivity index (χ0) is 8.81. The molecule has 0 unspecified atom stereocenters. The molecule has 12 heavy (non-hydrogen) atoms. The summed E-state index contributed by atoms with van der Waals surface area (Å²) in [6.45, 7) is 2.87. The molecule has 0 amide bonds. The summed E-state index contributed by atoms with van der Waals surface area (Å²) in [6, 6.07) is 4.22. The van der Waals surface area contributed by atoms with Crippen LogP contribution in [0, 0.1) is 0 Å². The summed E-state index contributed by atoms with van der Waals surface area (Å²) in [5.74, 6) is 0. The number of hydrogen-bond acceptors (Lipinski definition) is 2. The number of nitrogens with zero attached hydrogens (tertiary/aromatic N) is 1. The van der Waals surface area contributed by atoms with Crippen LogP contribution < -0.4 is 5.73 Å². The maximum absolute atomic E-state index is 5.44. The number of nitrogens with two attached hydrogens (primary N) is 1. The number of hydrogen-bond donors (Lipinski definition) is 1. The predicted molar refractivity (Wildman–Crippen MR) is 51.0 cm³/mol. The lowest BCUT2D eigenvalue weighted by molar-refractivity contribution is 0.886. The minimum Gasteiger partial charge on any atom is -0.330 e. The zero-order valence-electron chi connectivity index (χ0n) is 7.59. The molecule has 0 bridgehead atoms. The molecule has 0 fully saturated rings. The molecule has 0 aromatic carbocycles. The minimum absolute atomic E-state index is 0.683. The topological polar surface area (TPSA) is 38.9 Å². The molecule has 0 aliphatic carbocycles. The van der Waals surface area contributed by atoms with E-state index in [-0.39, 0.29) is 0 Å². The van der Waals surface area contributed by atoms with Crippen LogP contribution in [0.1, 0.15) is 24.6 Å². The van der Waals surface area contributed by atoms with Crippen LogP contribution >= 0.6 is 0 Å². The van der Waals surface area contributed by atoms with Gasteiger partial charge in [0.05, 0.1) is 0 Å². The third-order valence-electron chi connectivity index (χ3n) is 1.82. The molecule has 1 aromatic rings. The van der Waals surface area contributed by atoms with Crippen LogP contribution in [0.15, 0.2) is 18.3 Å². The lowest BCUT2D eigenvalue weighted by atomic mass is 10.1. The van der Waals surface area contributed by atoms with Gasteiger partial charge in [0.25, 0.3) is 0 Å². The Hall–Kier alpha value is -0.890. The highest BCUT2D eigenvalue weighted by molar-refractivity contribution is 5.16. The second-order valence-electron chi connectivity index (χ2n) is 2.94. The Morgan fingerprint density at radius 3 is 2.92 bits per heavy atom. The van der Waals surface area contributed by atoms with E-state index in [2.05, 4.69) is 24.0 Å². The van der Waals surface area contributed by atoms with E-state index >= 15 is 0 Å². The number of pyridine rings is 1. The van der Waals surface area contributed by atoms with Gasteiger partial charge in [-0.3, -0.25) is 4.98 Å². The molecule has 2 heteroatoms. The van der Waals surface area contributed by atoms with Gasteiger partial charge in [-0.2, -0.15) is 0 Å². The van der Waals surface area contributed by atoms with Gasteiger partial charge >= 0.3 is 0 Å². The Bertz CT molecular complexity index is 212. The molecule has 1 heterocycles. The highest BCUT2D eigenvalue weighted by atomic mass is 14.7. The first-order valence-electron chi connectivity index (χ1n) is 4.50. The maximum Gasteiger partial charge on any atom is 0.0418 e. The molecule has 0 radical (unpaired) electrons. The van der Waals surface area contributed by atoms with Gasteiger partial charge in [-0.05, 0) is 30.7 Å². The lowest BCUT2D eigenvalue weighted by Gasteiger charge is -2.01. The van der Waals surface area contributed by atoms with E-state index in [1.807, 2.05) is 6.20 Å². The van der Waals surface area contributed by atoms with E-state index in [0.717, 1.165) is 18.5 Å². The van der Waals surface area contributed by atoms with Gasteiger partial charge in [0, 0.05) is 18.3 Å². The molecule has 2 nitrogen and oxygen atoms in total. The standard InChI is InChI=1S/C10H16N2/c1-2-3-9-5-7-12-10(8-9)4-6-11/h5,7-8H,2-4,6,11H2,1H3. The molecule has 0 spiro atoms. The fourth-order valence-corrected chi connectivity index (χ4v) is 1.26. The first-order valence-corrected chi connectivity index (χ1v) is 4.50. The van der Waals surface area contributed by atoms with Crippen LogP contribution in [-0.2, 0) is 12.8 Å². The summed E-state index contributed by atoms with van der Waals surface area (Å²) in [7, 11) is 0. The average molecular weight is 164 g/mol. The van der Waals surface area contributed by atoms with Crippen molar-refractivity contribution in [3.8, 4) is 0 Å². The summed E-state index contributed by atoms with van der Waals surface area (Å²) in [5.41, 5.74) is 7.93. The Morgan fingerprint density at radius 1 is 1.42 bits per heavy atom. The SMILES string of the molecule is CCCc1ccnc(CCN)c1. The molecular formula is C10H16N2. The number of aryl methyl sites for hydroxylation is 1. The summed E-state index contributed by atoms with van der Waals surface area (Å²) in [6.07, 6.45) is 5.08. The van der Waals surface area contributed by atoms with Crippen molar-refractivity contribution in [2.75, 3.05) is 6.54 Å². The molecule has 0 aliphatic rings. The second kappa shape index (κ2) is 4.88. The second-order valence-corrected chi connectivity index (χ2v) is 2.94. The lowest BCUT2D eigenvalue weighted by Crippen LogP contribution is -2.04. The molecule has 1 rings (SSSR count). The van der Waals surface area contributed by atoms with Gasteiger partial charge in [0.15, 0.2) is 0 Å². The Balaban J connectivity index is 2.67. The first kappa shape index (κ1) is 9.20. The summed E-state index contributed by atoms with van der Waals surface area (Å²) in [4.78, 5) is 4.23. The average Bonchev–Trinajstić information content (AvgIpc) is 2.06. The summed E-state index contributed by atoms with van der Waals surface area (Å²) in [5, 5.41) is 0. The predicted octanol–water partition coefficient (Wildman–Crippen LogP) is 1.54. The highest BCUT2D eigenvalue weighted by Crippen LogP contribution is 2.04. The largest absolute Gasteiger partial charge is 0.330 e. The van der Waals surface area contributed by atoms with E-state index < -0.39 is 0 Å². The van der Waals surface area contributed by atoms with Crippen molar-refractivity contribution in [1.82, 2.24) is 4.98 Å². The van der Waals surface area contributed by atoms with Crippen LogP contribution in [0.3, 0.4) is 0 Å². The van der Waals surface area contributed by atoms with Crippen LogP contribution in [0.25, 0.3) is 0 Å². The molecule has 0 atom stereocenters. The molecule has 0 aliphatic heterocycles. The maximum atomic E-state index is 5.44. The van der Waals surface area contributed by atoms with Crippen molar-refractivity contribution in [2.24, 2.45) is 5.73 Å². The van der Waals surface area contributed by atoms with Crippen LogP contribution in [-0.4, -0.2) is 11.5 Å². The van der Waals surface area contributed by atoms with E-state index in [1.165, 1.54) is 12.0 Å². The first-order chi connectivity index (χ1) is 5.86. The van der Waals surface area contributed by atoms with Gasteiger partial charge in [-0.1, -0.05) is 13.3 Å². The normalized spacial score (nSPS) is 10.2. The Kier molecular flexibility index (Phi) is 3.74. The molecule has 0 saturated carbocycles. The van der Waals surface area contributed by atoms with Crippen LogP contribution in [0.2, 0.25) is 0 Å². The van der Waals surface area contributed by atoms with Crippen molar-refractivity contribution < 1.29 is 0 Å². The zero-order valence-corrected chi connectivity index (χ0v) is 7.59. The third kappa shape index (κ3) is 2.62. The minimum atomic E-state index is 0.683. The molecule has 1 aromatic heterocycles. The smallest absolute Gasteiger partial charge is 0.0418 e. The molecule has 66 valence electrons. The van der Waals surface area contributed by atoms with Crippen LogP contribution in [0.5, 0.6) is 0 Å². The van der Waals surface area contributed by atoms with E-state index in [0.29, 0.717) is 6.54 Å². The van der Waals surface area contributed by atoms with E-state index in [4.69, 9.17) is 5.73 Å². The highest BCUT2D eigenvalue weighted by Gasteiger charge is 1.94. The van der Waals surface area contributed by atoms with Crippen molar-refractivity contribution in [3.05, 3.63) is 29.6 Å². The number of rotatable bonds is 4. The van der Waals surface area contributed by atoms with Gasteiger partial charge in [-0.25, -0.2) is 0 Å². The third-order valence-corrected chi connectivity index (χ3v) is 1.82. The molecular weight excluding hydrogens is 148 g/mol. The molecule has 2 N–H and O–H groups in total. The van der Waals surface area contributed by atoms with Crippen molar-refractivity contribution >= 4 is 0 Å². The number of aromatic nitrogens is 1. The fraction of sp³-hybridized carbons (Fsp3) is 0.500. The van der Waals surface area contributed by atoms with Gasteiger partial charge in [-0.15, -0.1) is 0 Å².